The van der Waals surface area contributed by atoms with Crippen molar-refractivity contribution in [2.75, 3.05) is 45.8 Å². The Morgan fingerprint density at radius 2 is 0.703 bits per heavy atom. The number of nitrogens with one attached hydrogen (secondary N) is 4. The molecule has 0 spiro atoms. The van der Waals surface area contributed by atoms with Crippen LogP contribution >= 0.6 is 0 Å². The van der Waals surface area contributed by atoms with Gasteiger partial charge >= 0.3 is 17.9 Å². The maximum atomic E-state index is 12.3. The predicted molar refractivity (Wildman–Crippen MR) is 457 cm³/mol. The third kappa shape index (κ3) is 48.2. The van der Waals surface area contributed by atoms with Crippen LogP contribution in [-0.2, 0) is 71.9 Å². The lowest BCUT2D eigenvalue weighted by Crippen LogP contribution is -2.59. The molecule has 38 nitrogen and oxygen atoms in total. The summed E-state index contributed by atoms with van der Waals surface area (Å²) in [4.78, 5) is 178. The summed E-state index contributed by atoms with van der Waals surface area (Å²) >= 11 is 0. The van der Waals surface area contributed by atoms with Crippen molar-refractivity contribution in [3.8, 4) is 0 Å². The Morgan fingerprint density at radius 3 is 1.01 bits per heavy atom. The normalized spacial score (nSPS) is 18.4. The molecule has 0 radical (unpaired) electrons. The molecule has 38 heteroatoms. The van der Waals surface area contributed by atoms with Gasteiger partial charge in [0.05, 0.1) is 48.2 Å². The second-order valence-electron chi connectivity index (χ2n) is 32.7. The molecule has 0 aromatic carbocycles. The summed E-state index contributed by atoms with van der Waals surface area (Å²) in [5.41, 5.74) is 76.7. The summed E-state index contributed by atoms with van der Waals surface area (Å²) in [6.45, 7) is 39.8. The number of hydrogen-bond donors (Lipinski definition) is 21. The van der Waals surface area contributed by atoms with Gasteiger partial charge in [-0.15, -0.1) is 0 Å². The number of hydrogen-bond acceptors (Lipinski definition) is 29. The van der Waals surface area contributed by atoms with Gasteiger partial charge in [0, 0.05) is 126 Å². The van der Waals surface area contributed by atoms with Gasteiger partial charge in [-0.3, -0.25) is 62.3 Å². The number of carboxylic acid groups (broad SMARTS) is 3. The standard InChI is InChI=1S/C17H31N3O6.C15H29N3O4.C12H23N3O2.C12H25N3O2.C10H21N3O2.C8H17N3O.C6H14N2O/c1-5-8(3)10(16(23)24)7-11(21)12(18)13(19)15(22)20-14(17(25)26)9(4)6-2;1-7(2)9(5)6-10(19)11(16)12(17)14(20)18-13(8(3)4)15(21)22;1-8(6-11(16)10(14)7-13)12(17)15-5-3-4-9(15)2;1-7(2)9(4)15-12(17)8(3)5-11(16)10(14)6-13;1-6(2)13-10(15)7(3)4-9(14)8(12)5-11;1-6-3-2-4-11(6)8(12)7(10)5-9;1-2-3-6(9)5(8)4-7/h8-10,12-14H,5-7,18-19H2,1-4H3,(H,20,22)(H,23,24)(H,25,26);7-9,11-13H,6,16-17H2,1-5H3,(H,18,20)(H,21,22);8-10H,3-7,13-14H2,1-2H3;7-10H,5-6,13-14H2,1-4H3,(H,15,17);6-8H,4-5,11-12H2,1-3H3,(H,13,15);6-7H,2-5,9-10H2,1H3;5H,2-4,7-8H2,1H3/t8?,9?,10-,12+,13-,14-;9-,11+,12-,13-;2*8-,9-,10?;7-,8?;6-,7+;5-/m0011111/s1. The van der Waals surface area contributed by atoms with E-state index in [4.69, 9.17) is 85.4 Å². The number of nitrogens with zero attached hydrogens (tertiary/aromatic N) is 2. The van der Waals surface area contributed by atoms with Crippen LogP contribution in [0.25, 0.3) is 0 Å². The van der Waals surface area contributed by atoms with Gasteiger partial charge in [-0.25, -0.2) is 9.59 Å². The fourth-order valence-corrected chi connectivity index (χ4v) is 10.9. The van der Waals surface area contributed by atoms with E-state index in [9.17, 15) is 82.1 Å². The minimum atomic E-state index is -1.46. The highest BCUT2D eigenvalue weighted by atomic mass is 16.4. The van der Waals surface area contributed by atoms with Gasteiger partial charge in [0.2, 0.25) is 35.4 Å². The molecule has 2 fully saturated rings. The number of carbonyl (C=O) groups is 15. The Hall–Kier alpha value is -7.31. The van der Waals surface area contributed by atoms with E-state index >= 15 is 0 Å². The van der Waals surface area contributed by atoms with Crippen LogP contribution in [0.1, 0.15) is 222 Å². The zero-order chi connectivity index (χ0) is 93.2. The van der Waals surface area contributed by atoms with Gasteiger partial charge in [0.1, 0.15) is 24.2 Å². The highest BCUT2D eigenvalue weighted by Gasteiger charge is 2.38. The van der Waals surface area contributed by atoms with Crippen molar-refractivity contribution in [3.63, 3.8) is 0 Å². The Morgan fingerprint density at radius 1 is 0.356 bits per heavy atom. The maximum Gasteiger partial charge on any atom is 0.326 e. The van der Waals surface area contributed by atoms with Gasteiger partial charge < -0.3 is 127 Å². The lowest BCUT2D eigenvalue weighted by atomic mass is 9.85. The molecule has 2 rings (SSSR count). The lowest BCUT2D eigenvalue weighted by Gasteiger charge is -2.25. The first-order chi connectivity index (χ1) is 54.5. The number of ketones is 6. The molecule has 118 heavy (non-hydrogen) atoms. The van der Waals surface area contributed by atoms with E-state index in [0.29, 0.717) is 43.2 Å². The molecule has 0 aromatic rings. The van der Waals surface area contributed by atoms with Crippen molar-refractivity contribution >= 4 is 88.1 Å². The van der Waals surface area contributed by atoms with Crippen LogP contribution in [-0.4, -0.2) is 250 Å². The fraction of sp³-hybridized carbons (Fsp3) is 0.812. The van der Waals surface area contributed by atoms with Crippen molar-refractivity contribution < 1.29 is 87.2 Å². The van der Waals surface area contributed by atoms with Crippen LogP contribution in [0.2, 0.25) is 0 Å². The summed E-state index contributed by atoms with van der Waals surface area (Å²) in [7, 11) is 0. The van der Waals surface area contributed by atoms with E-state index in [0.717, 1.165) is 45.2 Å². The number of carbonyl (C=O) groups excluding carboxylic acids is 12. The van der Waals surface area contributed by atoms with Gasteiger partial charge in [-0.1, -0.05) is 117 Å². The Bertz CT molecular complexity index is 3000. The topological polar surface area (TPSA) is 736 Å². The zero-order valence-corrected chi connectivity index (χ0v) is 74.5. The van der Waals surface area contributed by atoms with Crippen molar-refractivity contribution in [1.82, 2.24) is 31.1 Å². The van der Waals surface area contributed by atoms with Crippen molar-refractivity contribution in [1.29, 1.82) is 0 Å². The smallest absolute Gasteiger partial charge is 0.326 e. The minimum Gasteiger partial charge on any atom is -0.481 e. The summed E-state index contributed by atoms with van der Waals surface area (Å²) in [6, 6.07) is -9.55. The van der Waals surface area contributed by atoms with E-state index in [1.54, 1.807) is 55.4 Å². The molecular weight excluding hydrogens is 1530 g/mol. The van der Waals surface area contributed by atoms with Gasteiger partial charge in [-0.2, -0.15) is 0 Å². The molecule has 2 saturated heterocycles. The molecule has 6 amide bonds. The molecule has 0 aromatic heterocycles. The van der Waals surface area contributed by atoms with Crippen LogP contribution in [0.15, 0.2) is 0 Å². The molecular formula is C80H160N20O18. The molecule has 688 valence electrons. The zero-order valence-electron chi connectivity index (χ0n) is 74.5. The second-order valence-corrected chi connectivity index (χ2v) is 32.7. The van der Waals surface area contributed by atoms with Crippen LogP contribution < -0.4 is 102 Å². The Kier molecular flexibility index (Phi) is 64.3. The van der Waals surface area contributed by atoms with E-state index in [-0.39, 0.29) is 171 Å². The summed E-state index contributed by atoms with van der Waals surface area (Å²) in [5, 5.41) is 37.8. The predicted octanol–water partition coefficient (Wildman–Crippen LogP) is -1.70. The first kappa shape index (κ1) is 119. The lowest BCUT2D eigenvalue weighted by molar-refractivity contribution is -0.146. The van der Waals surface area contributed by atoms with Crippen LogP contribution in [0.5, 0.6) is 0 Å². The molecule has 2 aliphatic rings. The quantitative estimate of drug-likeness (QED) is 0.0323. The number of amides is 6. The number of carboxylic acids is 3. The highest BCUT2D eigenvalue weighted by molar-refractivity contribution is 5.97. The first-order valence-corrected chi connectivity index (χ1v) is 41.5. The van der Waals surface area contributed by atoms with Crippen LogP contribution in [0.4, 0.5) is 0 Å². The van der Waals surface area contributed by atoms with E-state index in [2.05, 4.69) is 21.3 Å². The average molecular weight is 1690 g/mol. The van der Waals surface area contributed by atoms with E-state index in [1.165, 1.54) is 0 Å². The summed E-state index contributed by atoms with van der Waals surface area (Å²) in [6.07, 6.45) is 7.18. The first-order valence-electron chi connectivity index (χ1n) is 41.5. The molecule has 0 aliphatic carbocycles. The van der Waals surface area contributed by atoms with Crippen molar-refractivity contribution in [2.45, 2.75) is 313 Å². The number of nitrogens with two attached hydrogens (primary N) is 14. The third-order valence-electron chi connectivity index (χ3n) is 20.9. The van der Waals surface area contributed by atoms with Crippen LogP contribution in [0, 0.1) is 59.2 Å². The SMILES string of the molecule is CC(C)NC(=O)[C@H](C)CC(=O)C(N)CN.CC(C)[C@@H](C)NC(=O)[C@H](C)CC(=O)C(N)CN.CC(C)[C@H](NC(=O)[C@@H](N)[C@H](N)C(=O)C[C@H](C)C(C)C)C(=O)O.CCC(C)[C@H](CC(=O)[C@@H](N)[C@H](N)C(=O)N[C@H](C(=O)O)C(C)CC)C(=O)O.CCCC(=O)[C@H](N)CN.C[C@@H]1CCCN1C(=O)[C@@H](N)CN.C[C@H](CC(=O)C(N)CN)C(=O)N1CCC[C@H]1C. The maximum absolute atomic E-state index is 12.3. The number of aliphatic carboxylic acids is 3. The number of likely N-dealkylation sites (tertiary alicyclic amines) is 2. The molecule has 2 aliphatic heterocycles. The Labute approximate surface area is 701 Å². The van der Waals surface area contributed by atoms with Gasteiger partial charge in [-0.05, 0) is 102 Å². The highest BCUT2D eigenvalue weighted by Crippen LogP contribution is 2.23. The monoisotopic (exact) mass is 1690 g/mol. The summed E-state index contributed by atoms with van der Waals surface area (Å²) < 4.78 is 0. The number of rotatable bonds is 45. The molecule has 0 bridgehead atoms. The molecule has 35 N–H and O–H groups in total. The minimum absolute atomic E-state index is 0.00231. The van der Waals surface area contributed by atoms with E-state index in [1.807, 2.05) is 92.9 Å². The van der Waals surface area contributed by atoms with Crippen LogP contribution in [0.3, 0.4) is 0 Å². The fourth-order valence-electron chi connectivity index (χ4n) is 10.9. The summed E-state index contributed by atoms with van der Waals surface area (Å²) in [5.74, 6) is -8.49. The third-order valence-corrected chi connectivity index (χ3v) is 20.9. The van der Waals surface area contributed by atoms with Crippen molar-refractivity contribution in [3.05, 3.63) is 0 Å². The largest absolute Gasteiger partial charge is 0.481 e. The average Bonchev–Trinajstić information content (AvgIpc) is 1.56. The van der Waals surface area contributed by atoms with Crippen molar-refractivity contribution in [2.24, 2.45) is 139 Å². The molecule has 2 heterocycles. The second kappa shape index (κ2) is 63.6. The molecule has 0 saturated carbocycles. The van der Waals surface area contributed by atoms with Gasteiger partial charge in [0.25, 0.3) is 0 Å². The molecule has 21 atom stereocenters. The number of Topliss-reactive ketones (excluding diaryl/α,β-unsaturated/α-hetero) is 6. The van der Waals surface area contributed by atoms with E-state index < -0.39 is 108 Å². The Balaban J connectivity index is -0.000000429. The van der Waals surface area contributed by atoms with Gasteiger partial charge in [0.15, 0.2) is 34.7 Å². The molecule has 5 unspecified atom stereocenters.